The van der Waals surface area contributed by atoms with Crippen LogP contribution in [0, 0.1) is 0 Å². The fourth-order valence-electron chi connectivity index (χ4n) is 3.32. The highest BCUT2D eigenvalue weighted by Crippen LogP contribution is 2.26. The molecule has 0 fully saturated rings. The number of esters is 1. The summed E-state index contributed by atoms with van der Waals surface area (Å²) in [5.74, 6) is -2.01. The first-order valence-electron chi connectivity index (χ1n) is 10.6. The van der Waals surface area contributed by atoms with E-state index in [1.54, 1.807) is 40.7 Å². The van der Waals surface area contributed by atoms with E-state index in [-0.39, 0.29) is 0 Å². The number of nitrogens with zero attached hydrogens (tertiary/aromatic N) is 3. The Morgan fingerprint density at radius 3 is 2.46 bits per heavy atom. The molecule has 4 rings (SSSR count). The lowest BCUT2D eigenvalue weighted by Crippen LogP contribution is -2.34. The molecule has 35 heavy (non-hydrogen) atoms. The maximum absolute atomic E-state index is 12.2. The second-order valence-corrected chi connectivity index (χ2v) is 8.46. The zero-order chi connectivity index (χ0) is 24.8. The van der Waals surface area contributed by atoms with E-state index in [9.17, 15) is 14.4 Å². The van der Waals surface area contributed by atoms with Gasteiger partial charge in [0.25, 0.3) is 11.8 Å². The topological polar surface area (TPSA) is 95.2 Å². The Labute approximate surface area is 210 Å². The molecule has 9 heteroatoms. The van der Waals surface area contributed by atoms with Gasteiger partial charge in [0, 0.05) is 41.1 Å². The Bertz CT molecular complexity index is 1390. The Morgan fingerprint density at radius 2 is 1.77 bits per heavy atom. The minimum Gasteiger partial charge on any atom is -0.452 e. The average molecular weight is 533 g/mol. The van der Waals surface area contributed by atoms with Crippen LogP contribution in [-0.2, 0) is 21.4 Å². The Morgan fingerprint density at radius 1 is 1.03 bits per heavy atom. The summed E-state index contributed by atoms with van der Waals surface area (Å²) < 4.78 is 9.24. The molecule has 2 amide bonds. The van der Waals surface area contributed by atoms with Gasteiger partial charge in [0.2, 0.25) is 0 Å². The van der Waals surface area contributed by atoms with E-state index < -0.39 is 24.4 Å². The summed E-state index contributed by atoms with van der Waals surface area (Å²) in [7, 11) is 1.69. The summed E-state index contributed by atoms with van der Waals surface area (Å²) in [6.07, 6.45) is 6.30. The van der Waals surface area contributed by atoms with Crippen LogP contribution < -0.4 is 5.32 Å². The van der Waals surface area contributed by atoms with Crippen LogP contribution in [0.5, 0.6) is 0 Å². The highest BCUT2D eigenvalue weighted by Gasteiger charge is 2.15. The molecule has 0 saturated heterocycles. The Kier molecular flexibility index (Phi) is 7.37. The second kappa shape index (κ2) is 10.8. The number of aromatic nitrogens is 3. The van der Waals surface area contributed by atoms with Gasteiger partial charge in [0.1, 0.15) is 5.69 Å². The highest BCUT2D eigenvalue weighted by atomic mass is 79.9. The smallest absolute Gasteiger partial charge is 0.331 e. The number of hydrogen-bond donors (Lipinski definition) is 1. The number of halogens is 1. The summed E-state index contributed by atoms with van der Waals surface area (Å²) >= 11 is 3.43. The lowest BCUT2D eigenvalue weighted by Gasteiger charge is -2.05. The molecule has 0 radical (unpaired) electrons. The predicted molar refractivity (Wildman–Crippen MR) is 135 cm³/mol. The van der Waals surface area contributed by atoms with Crippen LogP contribution in [0.1, 0.15) is 16.1 Å². The number of imide groups is 1. The maximum Gasteiger partial charge on any atom is 0.331 e. The summed E-state index contributed by atoms with van der Waals surface area (Å²) in [5, 5.41) is 6.88. The molecule has 0 atom stereocenters. The van der Waals surface area contributed by atoms with E-state index in [1.807, 2.05) is 60.8 Å². The number of hydrogen-bond acceptors (Lipinski definition) is 5. The number of aryl methyl sites for hydroxylation is 1. The minimum absolute atomic E-state index is 0.320. The van der Waals surface area contributed by atoms with Gasteiger partial charge in [-0.05, 0) is 42.5 Å². The first kappa shape index (κ1) is 23.9. The predicted octanol–water partition coefficient (Wildman–Crippen LogP) is 4.15. The molecule has 176 valence electrons. The molecule has 2 aromatic carbocycles. The molecule has 2 heterocycles. The third kappa shape index (κ3) is 6.01. The minimum atomic E-state index is -0.722. The fraction of sp³-hybridized carbons (Fsp3) is 0.0769. The van der Waals surface area contributed by atoms with Crippen LogP contribution in [0.15, 0.2) is 89.7 Å². The number of amides is 2. The number of carbonyl (C=O) groups is 3. The molecule has 0 unspecified atom stereocenters. The SMILES string of the molecule is Cn1cccc1C(=O)NC(=O)COC(=O)/C=C/c1cn(-c2ccccc2)nc1-c1ccc(Br)cc1. The highest BCUT2D eigenvalue weighted by molar-refractivity contribution is 9.10. The van der Waals surface area contributed by atoms with Gasteiger partial charge in [-0.1, -0.05) is 46.3 Å². The van der Waals surface area contributed by atoms with Gasteiger partial charge in [-0.25, -0.2) is 9.48 Å². The molecule has 0 aliphatic rings. The van der Waals surface area contributed by atoms with Crippen molar-refractivity contribution in [3.8, 4) is 16.9 Å². The maximum atomic E-state index is 12.2. The van der Waals surface area contributed by atoms with E-state index in [0.717, 1.165) is 15.7 Å². The number of benzene rings is 2. The van der Waals surface area contributed by atoms with Crippen LogP contribution in [0.3, 0.4) is 0 Å². The second-order valence-electron chi connectivity index (χ2n) is 7.54. The van der Waals surface area contributed by atoms with E-state index in [2.05, 4.69) is 21.2 Å². The number of carbonyl (C=O) groups excluding carboxylic acids is 3. The van der Waals surface area contributed by atoms with Crippen molar-refractivity contribution in [3.05, 3.63) is 101 Å². The number of para-hydroxylation sites is 1. The van der Waals surface area contributed by atoms with E-state index in [1.165, 1.54) is 6.08 Å². The molecule has 0 aliphatic carbocycles. The normalized spacial score (nSPS) is 10.9. The summed E-state index contributed by atoms with van der Waals surface area (Å²) in [4.78, 5) is 36.3. The summed E-state index contributed by atoms with van der Waals surface area (Å²) in [6.45, 7) is -0.581. The van der Waals surface area contributed by atoms with Crippen LogP contribution in [0.2, 0.25) is 0 Å². The molecule has 0 spiro atoms. The molecule has 1 N–H and O–H groups in total. The fourth-order valence-corrected chi connectivity index (χ4v) is 3.59. The lowest BCUT2D eigenvalue weighted by atomic mass is 10.1. The zero-order valence-electron chi connectivity index (χ0n) is 18.7. The van der Waals surface area contributed by atoms with Crippen molar-refractivity contribution in [2.75, 3.05) is 6.61 Å². The van der Waals surface area contributed by atoms with E-state index in [4.69, 9.17) is 9.84 Å². The third-order valence-corrected chi connectivity index (χ3v) is 5.58. The van der Waals surface area contributed by atoms with Crippen molar-refractivity contribution in [3.63, 3.8) is 0 Å². The van der Waals surface area contributed by atoms with Gasteiger partial charge < -0.3 is 9.30 Å². The molecule has 0 bridgehead atoms. The number of nitrogens with one attached hydrogen (secondary N) is 1. The molecule has 8 nitrogen and oxygen atoms in total. The van der Waals surface area contributed by atoms with Crippen molar-refractivity contribution >= 4 is 39.8 Å². The Balaban J connectivity index is 1.45. The van der Waals surface area contributed by atoms with Gasteiger partial charge in [-0.3, -0.25) is 14.9 Å². The van der Waals surface area contributed by atoms with Crippen molar-refractivity contribution in [1.82, 2.24) is 19.7 Å². The van der Waals surface area contributed by atoms with Gasteiger partial charge in [-0.15, -0.1) is 0 Å². The van der Waals surface area contributed by atoms with Crippen molar-refractivity contribution in [1.29, 1.82) is 0 Å². The average Bonchev–Trinajstić information content (AvgIpc) is 3.49. The van der Waals surface area contributed by atoms with E-state index >= 15 is 0 Å². The van der Waals surface area contributed by atoms with Gasteiger partial charge >= 0.3 is 5.97 Å². The first-order chi connectivity index (χ1) is 16.9. The first-order valence-corrected chi connectivity index (χ1v) is 11.4. The zero-order valence-corrected chi connectivity index (χ0v) is 20.3. The molecule has 0 aliphatic heterocycles. The number of ether oxygens (including phenoxy) is 1. The summed E-state index contributed by atoms with van der Waals surface area (Å²) in [6, 6.07) is 20.5. The van der Waals surface area contributed by atoms with E-state index in [0.29, 0.717) is 17.0 Å². The van der Waals surface area contributed by atoms with Crippen LogP contribution in [-0.4, -0.2) is 38.7 Å². The molecular weight excluding hydrogens is 512 g/mol. The molecular formula is C26H21BrN4O4. The van der Waals surface area contributed by atoms with Crippen molar-refractivity contribution in [2.45, 2.75) is 0 Å². The van der Waals surface area contributed by atoms with Gasteiger partial charge in [-0.2, -0.15) is 5.10 Å². The van der Waals surface area contributed by atoms with Crippen LogP contribution in [0.25, 0.3) is 23.0 Å². The molecule has 2 aromatic heterocycles. The van der Waals surface area contributed by atoms with Crippen molar-refractivity contribution in [2.24, 2.45) is 7.05 Å². The molecule has 0 saturated carbocycles. The standard InChI is InChI=1S/C26H21BrN4O4/c1-30-15-5-8-22(30)26(34)28-23(32)17-35-24(33)14-11-19-16-31(21-6-3-2-4-7-21)29-25(19)18-9-12-20(27)13-10-18/h2-16H,17H2,1H3,(H,28,32,34)/b14-11+. The largest absolute Gasteiger partial charge is 0.452 e. The van der Waals surface area contributed by atoms with Crippen LogP contribution >= 0.6 is 15.9 Å². The lowest BCUT2D eigenvalue weighted by molar-refractivity contribution is -0.143. The monoisotopic (exact) mass is 532 g/mol. The molecule has 4 aromatic rings. The van der Waals surface area contributed by atoms with Gasteiger partial charge in [0.05, 0.1) is 11.4 Å². The van der Waals surface area contributed by atoms with Crippen LogP contribution in [0.4, 0.5) is 0 Å². The number of rotatable bonds is 7. The Hall–Kier alpha value is -4.24. The third-order valence-electron chi connectivity index (χ3n) is 5.05. The quantitative estimate of drug-likeness (QED) is 0.285. The summed E-state index contributed by atoms with van der Waals surface area (Å²) in [5.41, 5.74) is 3.43. The van der Waals surface area contributed by atoms with Gasteiger partial charge in [0.15, 0.2) is 6.61 Å². The van der Waals surface area contributed by atoms with Crippen molar-refractivity contribution < 1.29 is 19.1 Å².